The molecule has 2 bridgehead atoms. The molecule has 0 spiro atoms. The van der Waals surface area contributed by atoms with Gasteiger partial charge in [0.2, 0.25) is 0 Å². The van der Waals surface area contributed by atoms with E-state index < -0.39 is 5.97 Å². The Morgan fingerprint density at radius 3 is 2.97 bits per heavy atom. The second-order valence-electron chi connectivity index (χ2n) is 8.50. The Bertz CT molecular complexity index is 781. The summed E-state index contributed by atoms with van der Waals surface area (Å²) in [4.78, 5) is 14.7. The number of nitrogens with zero attached hydrogens (tertiary/aromatic N) is 2. The van der Waals surface area contributed by atoms with Crippen molar-refractivity contribution in [3.05, 3.63) is 36.7 Å². The standard InChI is InChI=1S/C23H32N4O2S/c1-16(26-27-23(30)25-19-8-6-12-24-15-19)21-14-17-10-11-20(21)18(13-17)7-4-2-3-5-9-22(28)29/h2,4,6,8,12,15,17-18,20-21H,3,5,7,9-11,13-14H2,1H3,(H,28,29)(H2,25,27,30)/t17-,18?,20-,21?/m0/s1. The Hall–Kier alpha value is -2.28. The third kappa shape index (κ3) is 6.62. The maximum atomic E-state index is 10.6. The van der Waals surface area contributed by atoms with Crippen molar-refractivity contribution in [1.82, 2.24) is 10.4 Å². The lowest BCUT2D eigenvalue weighted by Gasteiger charge is -2.47. The minimum Gasteiger partial charge on any atom is -0.481 e. The van der Waals surface area contributed by atoms with Gasteiger partial charge in [0.05, 0.1) is 11.9 Å². The van der Waals surface area contributed by atoms with E-state index in [2.05, 4.69) is 39.9 Å². The molecule has 162 valence electrons. The van der Waals surface area contributed by atoms with Crippen LogP contribution in [0, 0.1) is 23.7 Å². The fourth-order valence-electron chi connectivity index (χ4n) is 4.99. The number of anilines is 1. The lowest BCUT2D eigenvalue weighted by molar-refractivity contribution is -0.137. The van der Waals surface area contributed by atoms with Gasteiger partial charge in [-0.1, -0.05) is 18.6 Å². The van der Waals surface area contributed by atoms with E-state index in [0.29, 0.717) is 22.9 Å². The first-order chi connectivity index (χ1) is 14.5. The number of carboxylic acids is 1. The van der Waals surface area contributed by atoms with Crippen molar-refractivity contribution in [2.75, 3.05) is 5.32 Å². The molecule has 3 N–H and O–H groups in total. The highest BCUT2D eigenvalue weighted by Crippen LogP contribution is 2.50. The molecule has 0 radical (unpaired) electrons. The number of aromatic nitrogens is 1. The molecule has 30 heavy (non-hydrogen) atoms. The Labute approximate surface area is 184 Å². The van der Waals surface area contributed by atoms with Gasteiger partial charge in [-0.25, -0.2) is 0 Å². The van der Waals surface area contributed by atoms with Gasteiger partial charge >= 0.3 is 5.97 Å². The average molecular weight is 429 g/mol. The number of allylic oxidation sites excluding steroid dienone is 2. The van der Waals surface area contributed by atoms with Gasteiger partial charge in [0, 0.05) is 24.2 Å². The number of thiocarbonyl (C=S) groups is 1. The molecule has 2 unspecified atom stereocenters. The summed E-state index contributed by atoms with van der Waals surface area (Å²) in [6.45, 7) is 2.11. The van der Waals surface area contributed by atoms with Gasteiger partial charge in [-0.15, -0.1) is 0 Å². The van der Waals surface area contributed by atoms with Crippen molar-refractivity contribution in [3.63, 3.8) is 0 Å². The van der Waals surface area contributed by atoms with Gasteiger partial charge in [0.15, 0.2) is 5.11 Å². The Morgan fingerprint density at radius 2 is 2.23 bits per heavy atom. The first kappa shape index (κ1) is 22.4. The molecule has 7 heteroatoms. The molecule has 1 heterocycles. The fourth-order valence-corrected chi connectivity index (χ4v) is 5.15. The summed E-state index contributed by atoms with van der Waals surface area (Å²) in [6, 6.07) is 3.77. The Balaban J connectivity index is 1.50. The molecule has 4 rings (SSSR count). The van der Waals surface area contributed by atoms with E-state index in [4.69, 9.17) is 17.3 Å². The van der Waals surface area contributed by atoms with Crippen LogP contribution in [0.1, 0.15) is 58.3 Å². The fraction of sp³-hybridized carbons (Fsp3) is 0.565. The smallest absolute Gasteiger partial charge is 0.303 e. The van der Waals surface area contributed by atoms with Crippen LogP contribution in [0.5, 0.6) is 0 Å². The average Bonchev–Trinajstić information content (AvgIpc) is 2.75. The zero-order valence-corrected chi connectivity index (χ0v) is 18.4. The summed E-state index contributed by atoms with van der Waals surface area (Å²) in [7, 11) is 0. The van der Waals surface area contributed by atoms with Crippen molar-refractivity contribution in [1.29, 1.82) is 0 Å². The van der Waals surface area contributed by atoms with Gasteiger partial charge in [-0.05, 0) is 87.6 Å². The predicted molar refractivity (Wildman–Crippen MR) is 124 cm³/mol. The molecule has 3 saturated carbocycles. The number of rotatable bonds is 9. The molecular formula is C23H32N4O2S. The van der Waals surface area contributed by atoms with Crippen LogP contribution < -0.4 is 10.7 Å². The maximum absolute atomic E-state index is 10.6. The van der Waals surface area contributed by atoms with Crippen LogP contribution in [0.15, 0.2) is 41.8 Å². The SMILES string of the molecule is CC(=NNC(=S)Nc1cccnc1)C1C[C@H]2CC[C@H]1C(CC=CCCCC(=O)O)C2. The molecule has 3 aliphatic carbocycles. The second-order valence-corrected chi connectivity index (χ2v) is 8.91. The van der Waals surface area contributed by atoms with Crippen LogP contribution in [-0.2, 0) is 4.79 Å². The van der Waals surface area contributed by atoms with Gasteiger partial charge in [0.25, 0.3) is 0 Å². The van der Waals surface area contributed by atoms with Crippen molar-refractivity contribution in [3.8, 4) is 0 Å². The van der Waals surface area contributed by atoms with Crippen LogP contribution in [0.25, 0.3) is 0 Å². The third-order valence-electron chi connectivity index (χ3n) is 6.41. The van der Waals surface area contributed by atoms with Crippen LogP contribution in [0.4, 0.5) is 5.69 Å². The van der Waals surface area contributed by atoms with E-state index >= 15 is 0 Å². The highest BCUT2D eigenvalue weighted by Gasteiger charge is 2.42. The largest absolute Gasteiger partial charge is 0.481 e. The van der Waals surface area contributed by atoms with Crippen LogP contribution in [0.3, 0.4) is 0 Å². The Morgan fingerprint density at radius 1 is 1.37 bits per heavy atom. The van der Waals surface area contributed by atoms with Crippen molar-refractivity contribution < 1.29 is 9.90 Å². The lowest BCUT2D eigenvalue weighted by Crippen LogP contribution is -2.41. The summed E-state index contributed by atoms with van der Waals surface area (Å²) in [6.07, 6.45) is 15.9. The minimum atomic E-state index is -0.714. The van der Waals surface area contributed by atoms with Crippen LogP contribution >= 0.6 is 12.2 Å². The zero-order chi connectivity index (χ0) is 21.3. The van der Waals surface area contributed by atoms with Gasteiger partial charge < -0.3 is 10.4 Å². The number of unbranched alkanes of at least 4 members (excludes halogenated alkanes) is 1. The predicted octanol–water partition coefficient (Wildman–Crippen LogP) is 5.00. The van der Waals surface area contributed by atoms with E-state index in [1.54, 1.807) is 12.4 Å². The molecular weight excluding hydrogens is 396 g/mol. The molecule has 1 aromatic heterocycles. The first-order valence-electron chi connectivity index (χ1n) is 10.9. The maximum Gasteiger partial charge on any atom is 0.303 e. The van der Waals surface area contributed by atoms with Crippen molar-refractivity contribution in [2.24, 2.45) is 28.8 Å². The number of pyridine rings is 1. The van der Waals surface area contributed by atoms with E-state index in [1.807, 2.05) is 12.1 Å². The molecule has 1 aromatic rings. The lowest BCUT2D eigenvalue weighted by atomic mass is 9.58. The molecule has 0 aromatic carbocycles. The van der Waals surface area contributed by atoms with E-state index in [0.717, 1.165) is 36.6 Å². The monoisotopic (exact) mass is 428 g/mol. The second kappa shape index (κ2) is 11.2. The highest BCUT2D eigenvalue weighted by molar-refractivity contribution is 7.80. The number of carboxylic acid groups (broad SMARTS) is 1. The van der Waals surface area contributed by atoms with E-state index in [1.165, 1.54) is 25.7 Å². The third-order valence-corrected chi connectivity index (χ3v) is 6.60. The normalized spacial score (nSPS) is 26.0. The quantitative estimate of drug-likeness (QED) is 0.169. The van der Waals surface area contributed by atoms with Gasteiger partial charge in [-0.3, -0.25) is 15.2 Å². The molecule has 4 atom stereocenters. The Kier molecular flexibility index (Phi) is 8.37. The number of hydrogen-bond donors (Lipinski definition) is 3. The number of carbonyl (C=O) groups is 1. The van der Waals surface area contributed by atoms with E-state index in [9.17, 15) is 4.79 Å². The number of fused-ring (bicyclic) bond motifs is 3. The van der Waals surface area contributed by atoms with Crippen LogP contribution in [0.2, 0.25) is 0 Å². The van der Waals surface area contributed by atoms with Gasteiger partial charge in [0.1, 0.15) is 0 Å². The summed E-state index contributed by atoms with van der Waals surface area (Å²) in [5.41, 5.74) is 4.97. The number of hydrogen-bond acceptors (Lipinski definition) is 4. The van der Waals surface area contributed by atoms with E-state index in [-0.39, 0.29) is 6.42 Å². The summed E-state index contributed by atoms with van der Waals surface area (Å²) >= 11 is 5.35. The van der Waals surface area contributed by atoms with Crippen molar-refractivity contribution >= 4 is 34.7 Å². The molecule has 0 aliphatic heterocycles. The van der Waals surface area contributed by atoms with Crippen LogP contribution in [-0.4, -0.2) is 26.9 Å². The summed E-state index contributed by atoms with van der Waals surface area (Å²) in [5.74, 6) is 1.95. The van der Waals surface area contributed by atoms with Crippen molar-refractivity contribution in [2.45, 2.75) is 58.3 Å². The molecule has 0 amide bonds. The number of nitrogens with one attached hydrogen (secondary N) is 2. The summed E-state index contributed by atoms with van der Waals surface area (Å²) in [5, 5.41) is 16.9. The molecule has 0 saturated heterocycles. The highest BCUT2D eigenvalue weighted by atomic mass is 32.1. The minimum absolute atomic E-state index is 0.251. The summed E-state index contributed by atoms with van der Waals surface area (Å²) < 4.78 is 0. The topological polar surface area (TPSA) is 86.6 Å². The molecule has 3 aliphatic rings. The number of aliphatic carboxylic acids is 1. The molecule has 3 fully saturated rings. The first-order valence-corrected chi connectivity index (χ1v) is 11.3. The van der Waals surface area contributed by atoms with Gasteiger partial charge in [-0.2, -0.15) is 5.10 Å². The zero-order valence-electron chi connectivity index (χ0n) is 17.6. The number of hydrazone groups is 1. The molecule has 6 nitrogen and oxygen atoms in total.